The van der Waals surface area contributed by atoms with E-state index in [4.69, 9.17) is 5.11 Å². The van der Waals surface area contributed by atoms with Gasteiger partial charge in [-0.05, 0) is 37.0 Å². The van der Waals surface area contributed by atoms with Crippen LogP contribution < -0.4 is 5.32 Å². The van der Waals surface area contributed by atoms with E-state index in [-0.39, 0.29) is 23.1 Å². The molecule has 1 unspecified atom stereocenters. The number of benzene rings is 1. The summed E-state index contributed by atoms with van der Waals surface area (Å²) in [6.07, 6.45) is 0. The summed E-state index contributed by atoms with van der Waals surface area (Å²) in [6.45, 7) is 10.0. The van der Waals surface area contributed by atoms with Crippen LogP contribution in [0.1, 0.15) is 43.6 Å². The predicted molar refractivity (Wildman–Crippen MR) is 83.8 cm³/mol. The van der Waals surface area contributed by atoms with Crippen molar-refractivity contribution in [3.63, 3.8) is 0 Å². The fraction of sp³-hybridized carbons (Fsp3) is 0.500. The molecule has 0 saturated carbocycles. The van der Waals surface area contributed by atoms with E-state index in [1.165, 1.54) is 12.1 Å². The van der Waals surface area contributed by atoms with Crippen LogP contribution in [-0.4, -0.2) is 35.1 Å². The van der Waals surface area contributed by atoms with Crippen molar-refractivity contribution in [2.45, 2.75) is 40.7 Å². The number of aromatic carboxylic acids is 1. The minimum atomic E-state index is -1.01. The van der Waals surface area contributed by atoms with Crippen LogP contribution in [0.2, 0.25) is 0 Å². The average Bonchev–Trinajstić information content (AvgIpc) is 2.38. The molecule has 2 N–H and O–H groups in total. The second-order valence-electron chi connectivity index (χ2n) is 6.42. The third kappa shape index (κ3) is 4.21. The maximum atomic E-state index is 12.3. The van der Waals surface area contributed by atoms with Crippen molar-refractivity contribution in [2.75, 3.05) is 12.4 Å². The Kier molecular flexibility index (Phi) is 4.99. The van der Waals surface area contributed by atoms with E-state index in [2.05, 4.69) is 26.1 Å². The fourth-order valence-corrected chi connectivity index (χ4v) is 1.85. The molecule has 0 spiro atoms. The van der Waals surface area contributed by atoms with E-state index in [1.807, 2.05) is 13.8 Å². The van der Waals surface area contributed by atoms with Crippen molar-refractivity contribution in [3.8, 4) is 0 Å². The molecule has 0 aromatic heterocycles. The maximum absolute atomic E-state index is 12.3. The van der Waals surface area contributed by atoms with E-state index in [0.717, 1.165) is 5.56 Å². The standard InChI is InChI=1S/C16H24N2O3/c1-10-7-8-12(14(19)20)9-13(10)17-15(21)18(6)11(2)16(3,4)5/h7-9,11H,1-6H3,(H,17,21)(H,19,20). The molecular weight excluding hydrogens is 268 g/mol. The van der Waals surface area contributed by atoms with Crippen molar-refractivity contribution >= 4 is 17.7 Å². The fourth-order valence-electron chi connectivity index (χ4n) is 1.85. The molecule has 0 bridgehead atoms. The van der Waals surface area contributed by atoms with Gasteiger partial charge in [0.1, 0.15) is 0 Å². The smallest absolute Gasteiger partial charge is 0.335 e. The van der Waals surface area contributed by atoms with Gasteiger partial charge < -0.3 is 15.3 Å². The van der Waals surface area contributed by atoms with E-state index in [0.29, 0.717) is 5.69 Å². The molecule has 116 valence electrons. The van der Waals surface area contributed by atoms with E-state index in [9.17, 15) is 9.59 Å². The van der Waals surface area contributed by atoms with Crippen LogP contribution in [-0.2, 0) is 0 Å². The highest BCUT2D eigenvalue weighted by Gasteiger charge is 2.27. The molecule has 0 aliphatic heterocycles. The summed E-state index contributed by atoms with van der Waals surface area (Å²) in [5, 5.41) is 11.8. The summed E-state index contributed by atoms with van der Waals surface area (Å²) >= 11 is 0. The van der Waals surface area contributed by atoms with Gasteiger partial charge in [0.25, 0.3) is 0 Å². The zero-order valence-electron chi connectivity index (χ0n) is 13.5. The molecule has 2 amide bonds. The molecule has 0 aliphatic carbocycles. The lowest BCUT2D eigenvalue weighted by Gasteiger charge is -2.35. The number of hydrogen-bond acceptors (Lipinski definition) is 2. The predicted octanol–water partition coefficient (Wildman–Crippen LogP) is 3.59. The van der Waals surface area contributed by atoms with Crippen LogP contribution in [0.25, 0.3) is 0 Å². The average molecular weight is 292 g/mol. The van der Waals surface area contributed by atoms with E-state index >= 15 is 0 Å². The van der Waals surface area contributed by atoms with Crippen LogP contribution in [0, 0.1) is 12.3 Å². The number of amides is 2. The Bertz CT molecular complexity index is 547. The van der Waals surface area contributed by atoms with Gasteiger partial charge in [-0.3, -0.25) is 0 Å². The molecule has 0 radical (unpaired) electrons. The third-order valence-electron chi connectivity index (χ3n) is 3.88. The first-order valence-electron chi connectivity index (χ1n) is 6.91. The molecule has 5 nitrogen and oxygen atoms in total. The number of anilines is 1. The van der Waals surface area contributed by atoms with Crippen molar-refractivity contribution < 1.29 is 14.7 Å². The zero-order valence-corrected chi connectivity index (χ0v) is 13.5. The van der Waals surface area contributed by atoms with Crippen molar-refractivity contribution in [3.05, 3.63) is 29.3 Å². The van der Waals surface area contributed by atoms with Gasteiger partial charge >= 0.3 is 12.0 Å². The second kappa shape index (κ2) is 6.16. The number of urea groups is 1. The molecule has 5 heteroatoms. The zero-order chi connectivity index (χ0) is 16.4. The molecule has 1 rings (SSSR count). The van der Waals surface area contributed by atoms with Gasteiger partial charge in [0, 0.05) is 18.8 Å². The Morgan fingerprint density at radius 3 is 2.33 bits per heavy atom. The SMILES string of the molecule is Cc1ccc(C(=O)O)cc1NC(=O)N(C)C(C)C(C)(C)C. The monoisotopic (exact) mass is 292 g/mol. The number of carbonyl (C=O) groups excluding carboxylic acids is 1. The molecule has 21 heavy (non-hydrogen) atoms. The Morgan fingerprint density at radius 1 is 1.29 bits per heavy atom. The Balaban J connectivity index is 2.93. The first-order valence-corrected chi connectivity index (χ1v) is 6.91. The number of carbonyl (C=O) groups is 2. The van der Waals surface area contributed by atoms with E-state index < -0.39 is 5.97 Å². The highest BCUT2D eigenvalue weighted by atomic mass is 16.4. The summed E-state index contributed by atoms with van der Waals surface area (Å²) in [7, 11) is 1.74. The van der Waals surface area contributed by atoms with Gasteiger partial charge in [-0.25, -0.2) is 9.59 Å². The minimum absolute atomic E-state index is 0.0377. The number of carboxylic acids is 1. The van der Waals surface area contributed by atoms with Crippen molar-refractivity contribution in [1.29, 1.82) is 0 Å². The lowest BCUT2D eigenvalue weighted by atomic mass is 9.87. The molecular formula is C16H24N2O3. The maximum Gasteiger partial charge on any atom is 0.335 e. The van der Waals surface area contributed by atoms with Gasteiger partial charge in [0.2, 0.25) is 0 Å². The summed E-state index contributed by atoms with van der Waals surface area (Å²) in [6, 6.07) is 4.48. The highest BCUT2D eigenvalue weighted by molar-refractivity contribution is 5.94. The number of aryl methyl sites for hydroxylation is 1. The third-order valence-corrected chi connectivity index (χ3v) is 3.88. The number of nitrogens with zero attached hydrogens (tertiary/aromatic N) is 1. The van der Waals surface area contributed by atoms with Gasteiger partial charge in [0.05, 0.1) is 5.56 Å². The quantitative estimate of drug-likeness (QED) is 0.894. The Labute approximate surface area is 126 Å². The van der Waals surface area contributed by atoms with Crippen LogP contribution in [0.15, 0.2) is 18.2 Å². The van der Waals surface area contributed by atoms with Crippen LogP contribution in [0.3, 0.4) is 0 Å². The molecule has 0 aliphatic rings. The number of rotatable bonds is 3. The van der Waals surface area contributed by atoms with Gasteiger partial charge in [0.15, 0.2) is 0 Å². The molecule has 0 heterocycles. The molecule has 0 saturated heterocycles. The minimum Gasteiger partial charge on any atom is -0.478 e. The second-order valence-corrected chi connectivity index (χ2v) is 6.42. The van der Waals surface area contributed by atoms with Crippen molar-refractivity contribution in [1.82, 2.24) is 4.90 Å². The normalized spacial score (nSPS) is 12.7. The summed E-state index contributed by atoms with van der Waals surface area (Å²) in [4.78, 5) is 24.9. The largest absolute Gasteiger partial charge is 0.478 e. The van der Waals surface area contributed by atoms with E-state index in [1.54, 1.807) is 18.0 Å². The molecule has 1 atom stereocenters. The first kappa shape index (κ1) is 17.0. The Morgan fingerprint density at radius 2 is 1.86 bits per heavy atom. The summed E-state index contributed by atoms with van der Waals surface area (Å²) < 4.78 is 0. The topological polar surface area (TPSA) is 69.6 Å². The van der Waals surface area contributed by atoms with Crippen LogP contribution in [0.4, 0.5) is 10.5 Å². The van der Waals surface area contributed by atoms with Crippen molar-refractivity contribution in [2.24, 2.45) is 5.41 Å². The van der Waals surface area contributed by atoms with Gasteiger partial charge in [-0.15, -0.1) is 0 Å². The number of carboxylic acid groups (broad SMARTS) is 1. The lowest BCUT2D eigenvalue weighted by Crippen LogP contribution is -2.45. The molecule has 1 aromatic rings. The summed E-state index contributed by atoms with van der Waals surface area (Å²) in [5.41, 5.74) is 1.46. The molecule has 1 aromatic carbocycles. The van der Waals surface area contributed by atoms with Crippen LogP contribution >= 0.6 is 0 Å². The highest BCUT2D eigenvalue weighted by Crippen LogP contribution is 2.24. The lowest BCUT2D eigenvalue weighted by molar-refractivity contribution is 0.0697. The van der Waals surface area contributed by atoms with Crippen LogP contribution in [0.5, 0.6) is 0 Å². The molecule has 0 fully saturated rings. The summed E-state index contributed by atoms with van der Waals surface area (Å²) in [5.74, 6) is -1.01. The number of nitrogens with one attached hydrogen (secondary N) is 1. The van der Waals surface area contributed by atoms with Gasteiger partial charge in [-0.2, -0.15) is 0 Å². The van der Waals surface area contributed by atoms with Gasteiger partial charge in [-0.1, -0.05) is 26.8 Å². The first-order chi connectivity index (χ1) is 9.54. The Hall–Kier alpha value is -2.04. The number of hydrogen-bond donors (Lipinski definition) is 2.